The minimum absolute atomic E-state index is 0.0730. The van der Waals surface area contributed by atoms with E-state index >= 15 is 0 Å². The lowest BCUT2D eigenvalue weighted by atomic mass is 9.84. The molecule has 1 aliphatic rings. The van der Waals surface area contributed by atoms with Crippen molar-refractivity contribution in [1.29, 1.82) is 0 Å². The van der Waals surface area contributed by atoms with Crippen LogP contribution in [0.3, 0.4) is 0 Å². The molecule has 0 spiro atoms. The van der Waals surface area contributed by atoms with Gasteiger partial charge in [0.2, 0.25) is 0 Å². The number of hydrogen-bond donors (Lipinski definition) is 3. The van der Waals surface area contributed by atoms with E-state index in [0.717, 1.165) is 35.9 Å². The van der Waals surface area contributed by atoms with E-state index < -0.39 is 11.9 Å². The number of H-pyrrole nitrogens is 1. The lowest BCUT2D eigenvalue weighted by molar-refractivity contribution is -0.134. The second kappa shape index (κ2) is 8.62. The van der Waals surface area contributed by atoms with Crippen molar-refractivity contribution in [3.8, 4) is 0 Å². The minimum Gasteiger partial charge on any atom is -0.478 e. The summed E-state index contributed by atoms with van der Waals surface area (Å²) in [7, 11) is 0. The number of carbonyl (C=O) groups is 3. The van der Waals surface area contributed by atoms with Gasteiger partial charge >= 0.3 is 11.9 Å². The van der Waals surface area contributed by atoms with Crippen LogP contribution in [0.4, 0.5) is 0 Å². The average Bonchev–Trinajstić information content (AvgIpc) is 3.32. The molecule has 0 amide bonds. The van der Waals surface area contributed by atoms with E-state index in [0.29, 0.717) is 12.2 Å². The number of thiophene rings is 1. The van der Waals surface area contributed by atoms with Crippen molar-refractivity contribution in [3.63, 3.8) is 0 Å². The van der Waals surface area contributed by atoms with Gasteiger partial charge in [-0.2, -0.15) is 0 Å². The Bertz CT molecular complexity index is 1030. The average molecular weight is 398 g/mol. The highest BCUT2D eigenvalue weighted by Crippen LogP contribution is 2.31. The third-order valence-corrected chi connectivity index (χ3v) is 5.44. The molecule has 7 nitrogen and oxygen atoms in total. The molecule has 0 saturated carbocycles. The Balaban J connectivity index is 0.000000242. The maximum absolute atomic E-state index is 12.8. The topological polar surface area (TPSA) is 120 Å². The number of aryl methyl sites for hydroxylation is 1. The highest BCUT2D eigenvalue weighted by atomic mass is 32.1. The molecule has 1 unspecified atom stereocenters. The predicted molar refractivity (Wildman–Crippen MR) is 105 cm³/mol. The van der Waals surface area contributed by atoms with Crippen LogP contribution in [0.15, 0.2) is 48.1 Å². The van der Waals surface area contributed by atoms with Gasteiger partial charge in [0.1, 0.15) is 0 Å². The molecular formula is C20H18N2O5S. The Morgan fingerprint density at radius 3 is 2.57 bits per heavy atom. The highest BCUT2D eigenvalue weighted by molar-refractivity contribution is 7.17. The molecule has 8 heteroatoms. The first kappa shape index (κ1) is 19.5. The monoisotopic (exact) mass is 398 g/mol. The smallest absolute Gasteiger partial charge is 0.328 e. The van der Waals surface area contributed by atoms with Gasteiger partial charge in [-0.1, -0.05) is 18.2 Å². The van der Waals surface area contributed by atoms with Crippen molar-refractivity contribution in [1.82, 2.24) is 9.97 Å². The molecule has 0 aliphatic heterocycles. The van der Waals surface area contributed by atoms with Gasteiger partial charge in [-0.05, 0) is 18.9 Å². The molecule has 0 saturated heterocycles. The maximum Gasteiger partial charge on any atom is 0.328 e. The summed E-state index contributed by atoms with van der Waals surface area (Å²) in [5.41, 5.74) is 3.15. The van der Waals surface area contributed by atoms with E-state index in [1.54, 1.807) is 17.7 Å². The number of carboxylic acid groups (broad SMARTS) is 2. The first-order valence-corrected chi connectivity index (χ1v) is 9.49. The molecule has 1 aliphatic carbocycles. The zero-order chi connectivity index (χ0) is 20.1. The zero-order valence-corrected chi connectivity index (χ0v) is 15.6. The number of rotatable bonds is 4. The third-order valence-electron chi connectivity index (χ3n) is 4.48. The van der Waals surface area contributed by atoms with Crippen LogP contribution in [-0.2, 0) is 22.4 Å². The summed E-state index contributed by atoms with van der Waals surface area (Å²) < 4.78 is 1.19. The van der Waals surface area contributed by atoms with Gasteiger partial charge in [0.15, 0.2) is 5.78 Å². The van der Waals surface area contributed by atoms with Crippen molar-refractivity contribution >= 4 is 39.1 Å². The molecule has 3 N–H and O–H groups in total. The number of benzene rings is 1. The molecule has 2 aromatic heterocycles. The number of imidazole rings is 1. The Kier molecular flexibility index (Phi) is 6.00. The number of nitrogens with zero attached hydrogens (tertiary/aromatic N) is 1. The van der Waals surface area contributed by atoms with E-state index in [2.05, 4.69) is 16.0 Å². The Morgan fingerprint density at radius 1 is 1.14 bits per heavy atom. The molecule has 1 atom stereocenters. The summed E-state index contributed by atoms with van der Waals surface area (Å²) in [5.74, 6) is -2.17. The number of aromatic amines is 1. The van der Waals surface area contributed by atoms with Crippen molar-refractivity contribution in [2.24, 2.45) is 5.92 Å². The minimum atomic E-state index is -1.26. The second-order valence-corrected chi connectivity index (χ2v) is 7.20. The van der Waals surface area contributed by atoms with E-state index in [-0.39, 0.29) is 11.7 Å². The van der Waals surface area contributed by atoms with Crippen LogP contribution in [-0.4, -0.2) is 37.9 Å². The number of nitrogens with one attached hydrogen (secondary N) is 1. The molecule has 4 rings (SSSR count). The van der Waals surface area contributed by atoms with Crippen LogP contribution in [0, 0.1) is 5.92 Å². The zero-order valence-electron chi connectivity index (χ0n) is 14.8. The number of carboxylic acids is 2. The fraction of sp³-hybridized carbons (Fsp3) is 0.200. The van der Waals surface area contributed by atoms with E-state index in [1.807, 2.05) is 23.6 Å². The Morgan fingerprint density at radius 2 is 1.86 bits per heavy atom. The van der Waals surface area contributed by atoms with Crippen molar-refractivity contribution < 1.29 is 24.6 Å². The largest absolute Gasteiger partial charge is 0.478 e. The van der Waals surface area contributed by atoms with Gasteiger partial charge in [0.05, 0.1) is 12.0 Å². The molecule has 0 bridgehead atoms. The summed E-state index contributed by atoms with van der Waals surface area (Å²) >= 11 is 1.65. The second-order valence-electron chi connectivity index (χ2n) is 6.29. The van der Waals surface area contributed by atoms with E-state index in [9.17, 15) is 14.4 Å². The lowest BCUT2D eigenvalue weighted by Crippen LogP contribution is -2.22. The highest BCUT2D eigenvalue weighted by Gasteiger charge is 2.28. The summed E-state index contributed by atoms with van der Waals surface area (Å²) in [6.07, 6.45) is 5.45. The van der Waals surface area contributed by atoms with Crippen LogP contribution >= 0.6 is 11.3 Å². The van der Waals surface area contributed by atoms with Gasteiger partial charge in [0, 0.05) is 51.2 Å². The number of fused-ring (bicyclic) bond motifs is 2. The molecule has 3 aromatic rings. The molecule has 0 radical (unpaired) electrons. The van der Waals surface area contributed by atoms with Gasteiger partial charge in [-0.15, -0.1) is 11.3 Å². The number of aromatic nitrogens is 2. The molecular weight excluding hydrogens is 380 g/mol. The standard InChI is InChI=1S/C16H14N2OS.C4H4O4/c19-16(10-5-6-13-14(7-10)18-9-17-13)12-8-20-15-4-2-1-3-11(12)15;5-3(6)1-2-4(7)8/h1-4,8-10H,5-7H2,(H,17,18);1-2H,(H,5,6)(H,7,8)/b;2-1+. The lowest BCUT2D eigenvalue weighted by Gasteiger charge is -2.19. The van der Waals surface area contributed by atoms with Crippen LogP contribution < -0.4 is 0 Å². The molecule has 144 valence electrons. The first-order valence-electron chi connectivity index (χ1n) is 8.61. The van der Waals surface area contributed by atoms with Crippen molar-refractivity contribution in [3.05, 3.63) is 65.1 Å². The van der Waals surface area contributed by atoms with Gasteiger partial charge < -0.3 is 15.2 Å². The van der Waals surface area contributed by atoms with E-state index in [4.69, 9.17) is 10.2 Å². The fourth-order valence-electron chi connectivity index (χ4n) is 3.15. The van der Waals surface area contributed by atoms with Crippen LogP contribution in [0.5, 0.6) is 0 Å². The van der Waals surface area contributed by atoms with Crippen molar-refractivity contribution in [2.75, 3.05) is 0 Å². The number of hydrogen-bond acceptors (Lipinski definition) is 5. The number of carbonyl (C=O) groups excluding carboxylic acids is 1. The Hall–Kier alpha value is -3.26. The third kappa shape index (κ3) is 4.52. The summed E-state index contributed by atoms with van der Waals surface area (Å²) in [5, 5.41) is 18.7. The predicted octanol–water partition coefficient (Wildman–Crippen LogP) is 3.32. The normalized spacial score (nSPS) is 15.6. The van der Waals surface area contributed by atoms with Gasteiger partial charge in [-0.25, -0.2) is 14.6 Å². The molecule has 28 heavy (non-hydrogen) atoms. The van der Waals surface area contributed by atoms with Crippen LogP contribution in [0.2, 0.25) is 0 Å². The maximum atomic E-state index is 12.8. The first-order chi connectivity index (χ1) is 13.5. The number of Topliss-reactive ketones (excluding diaryl/α,β-unsaturated/α-hetero) is 1. The summed E-state index contributed by atoms with van der Waals surface area (Å²) in [4.78, 5) is 39.4. The molecule has 2 heterocycles. The summed E-state index contributed by atoms with van der Waals surface area (Å²) in [6, 6.07) is 8.13. The quantitative estimate of drug-likeness (QED) is 0.458. The van der Waals surface area contributed by atoms with Crippen LogP contribution in [0.25, 0.3) is 10.1 Å². The number of aliphatic carboxylic acids is 2. The van der Waals surface area contributed by atoms with Crippen LogP contribution in [0.1, 0.15) is 28.2 Å². The Labute approximate surface area is 164 Å². The van der Waals surface area contributed by atoms with Crippen molar-refractivity contribution in [2.45, 2.75) is 19.3 Å². The van der Waals surface area contributed by atoms with E-state index in [1.165, 1.54) is 10.4 Å². The van der Waals surface area contributed by atoms with Gasteiger partial charge in [0.25, 0.3) is 0 Å². The fourth-order valence-corrected chi connectivity index (χ4v) is 4.10. The molecule has 1 aromatic carbocycles. The summed E-state index contributed by atoms with van der Waals surface area (Å²) in [6.45, 7) is 0. The van der Waals surface area contributed by atoms with Gasteiger partial charge in [-0.3, -0.25) is 4.79 Å². The molecule has 0 fully saturated rings. The SMILES string of the molecule is O=C(O)/C=C/C(=O)O.O=C(c1csc2ccccc12)C1CCc2[nH]cnc2C1. The number of ketones is 1.